The molecule has 2 heterocycles. The van der Waals surface area contributed by atoms with E-state index in [9.17, 15) is 0 Å². The van der Waals surface area contributed by atoms with Crippen LogP contribution in [0.4, 0.5) is 0 Å². The van der Waals surface area contributed by atoms with Crippen molar-refractivity contribution in [2.24, 2.45) is 0 Å². The van der Waals surface area contributed by atoms with Gasteiger partial charge in [-0.3, -0.25) is 4.98 Å². The lowest BCUT2D eigenvalue weighted by Crippen LogP contribution is -2.24. The first-order chi connectivity index (χ1) is 8.34. The standard InChI is InChI=1S/C13H16N4/c1-14-9-13(5-6-13)12-16-8-11(17-12)10-4-2-3-7-15-10/h2-4,7-8,14H,5-6,9H2,1H3,(H,16,17). The first-order valence-electron chi connectivity index (χ1n) is 5.96. The predicted octanol–water partition coefficient (Wildman–Crippen LogP) is 1.72. The van der Waals surface area contributed by atoms with Crippen molar-refractivity contribution in [2.75, 3.05) is 13.6 Å². The molecule has 17 heavy (non-hydrogen) atoms. The summed E-state index contributed by atoms with van der Waals surface area (Å²) >= 11 is 0. The van der Waals surface area contributed by atoms with Gasteiger partial charge < -0.3 is 10.3 Å². The maximum Gasteiger partial charge on any atom is 0.114 e. The summed E-state index contributed by atoms with van der Waals surface area (Å²) in [5.74, 6) is 1.09. The van der Waals surface area contributed by atoms with Crippen LogP contribution >= 0.6 is 0 Å². The molecule has 2 N–H and O–H groups in total. The van der Waals surface area contributed by atoms with E-state index in [1.165, 1.54) is 12.8 Å². The molecule has 0 amide bonds. The van der Waals surface area contributed by atoms with Crippen LogP contribution in [-0.4, -0.2) is 28.5 Å². The molecule has 2 aromatic rings. The van der Waals surface area contributed by atoms with Gasteiger partial charge >= 0.3 is 0 Å². The van der Waals surface area contributed by atoms with Gasteiger partial charge in [0.15, 0.2) is 0 Å². The Labute approximate surface area is 101 Å². The summed E-state index contributed by atoms with van der Waals surface area (Å²) in [5.41, 5.74) is 2.19. The summed E-state index contributed by atoms with van der Waals surface area (Å²) in [6.07, 6.45) is 6.11. The van der Waals surface area contributed by atoms with Crippen LogP contribution in [0.3, 0.4) is 0 Å². The van der Waals surface area contributed by atoms with E-state index in [1.807, 2.05) is 31.4 Å². The minimum Gasteiger partial charge on any atom is -0.340 e. The number of rotatable bonds is 4. The predicted molar refractivity (Wildman–Crippen MR) is 66.7 cm³/mol. The number of hydrogen-bond acceptors (Lipinski definition) is 3. The van der Waals surface area contributed by atoms with Gasteiger partial charge in [0.1, 0.15) is 5.82 Å². The number of imidazole rings is 1. The third-order valence-corrected chi connectivity index (χ3v) is 3.39. The molecule has 0 spiro atoms. The van der Waals surface area contributed by atoms with Crippen LogP contribution in [0.25, 0.3) is 11.4 Å². The van der Waals surface area contributed by atoms with Crippen LogP contribution in [0.2, 0.25) is 0 Å². The molecule has 0 bridgehead atoms. The summed E-state index contributed by atoms with van der Waals surface area (Å²) in [6.45, 7) is 0.988. The van der Waals surface area contributed by atoms with Crippen molar-refractivity contribution in [2.45, 2.75) is 18.3 Å². The average molecular weight is 228 g/mol. The van der Waals surface area contributed by atoms with Crippen molar-refractivity contribution < 1.29 is 0 Å². The van der Waals surface area contributed by atoms with Crippen LogP contribution in [-0.2, 0) is 5.41 Å². The number of aromatic amines is 1. The molecule has 0 aliphatic heterocycles. The van der Waals surface area contributed by atoms with Gasteiger partial charge in [-0.1, -0.05) is 6.07 Å². The maximum absolute atomic E-state index is 4.51. The fraction of sp³-hybridized carbons (Fsp3) is 0.385. The van der Waals surface area contributed by atoms with Gasteiger partial charge in [0.25, 0.3) is 0 Å². The number of H-pyrrole nitrogens is 1. The maximum atomic E-state index is 4.51. The molecule has 1 saturated carbocycles. The fourth-order valence-electron chi connectivity index (χ4n) is 2.23. The number of nitrogens with zero attached hydrogens (tertiary/aromatic N) is 2. The van der Waals surface area contributed by atoms with Gasteiger partial charge in [0, 0.05) is 18.2 Å². The highest BCUT2D eigenvalue weighted by atomic mass is 15.0. The smallest absolute Gasteiger partial charge is 0.114 e. The number of likely N-dealkylation sites (N-methyl/N-ethyl adjacent to an activating group) is 1. The topological polar surface area (TPSA) is 53.6 Å². The number of pyridine rings is 1. The highest BCUT2D eigenvalue weighted by Crippen LogP contribution is 2.46. The zero-order valence-corrected chi connectivity index (χ0v) is 9.90. The molecule has 4 nitrogen and oxygen atoms in total. The Bertz CT molecular complexity index is 499. The summed E-state index contributed by atoms with van der Waals surface area (Å²) in [6, 6.07) is 5.91. The van der Waals surface area contributed by atoms with Crippen LogP contribution in [0.15, 0.2) is 30.6 Å². The van der Waals surface area contributed by atoms with Crippen molar-refractivity contribution in [3.8, 4) is 11.4 Å². The Morgan fingerprint density at radius 2 is 2.24 bits per heavy atom. The summed E-state index contributed by atoms with van der Waals surface area (Å²) in [5, 5.41) is 3.24. The third kappa shape index (κ3) is 1.85. The zero-order valence-electron chi connectivity index (χ0n) is 9.90. The Morgan fingerprint density at radius 3 is 2.88 bits per heavy atom. The SMILES string of the molecule is CNCC1(c2ncc(-c3ccccn3)[nH]2)CC1. The number of hydrogen-bond donors (Lipinski definition) is 2. The minimum absolute atomic E-state index is 0.238. The number of nitrogens with one attached hydrogen (secondary N) is 2. The van der Waals surface area contributed by atoms with Crippen LogP contribution in [0, 0.1) is 0 Å². The first kappa shape index (κ1) is 10.5. The Kier molecular flexibility index (Phi) is 2.44. The van der Waals surface area contributed by atoms with E-state index >= 15 is 0 Å². The van der Waals surface area contributed by atoms with Crippen molar-refractivity contribution in [1.29, 1.82) is 0 Å². The lowest BCUT2D eigenvalue weighted by atomic mass is 10.1. The third-order valence-electron chi connectivity index (χ3n) is 3.39. The van der Waals surface area contributed by atoms with Crippen LogP contribution in [0.5, 0.6) is 0 Å². The van der Waals surface area contributed by atoms with E-state index in [0.717, 1.165) is 23.8 Å². The van der Waals surface area contributed by atoms with Crippen LogP contribution in [0.1, 0.15) is 18.7 Å². The molecule has 4 heteroatoms. The van der Waals surface area contributed by atoms with Crippen molar-refractivity contribution >= 4 is 0 Å². The highest BCUT2D eigenvalue weighted by molar-refractivity contribution is 5.53. The van der Waals surface area contributed by atoms with Crippen molar-refractivity contribution in [3.63, 3.8) is 0 Å². The lowest BCUT2D eigenvalue weighted by molar-refractivity contribution is 0.594. The van der Waals surface area contributed by atoms with Crippen LogP contribution < -0.4 is 5.32 Å². The van der Waals surface area contributed by atoms with Gasteiger partial charge in [0.05, 0.1) is 17.6 Å². The molecule has 2 aromatic heterocycles. The molecule has 1 aliphatic rings. The summed E-state index contributed by atoms with van der Waals surface area (Å²) < 4.78 is 0. The van der Waals surface area contributed by atoms with E-state index in [-0.39, 0.29) is 5.41 Å². The highest BCUT2D eigenvalue weighted by Gasteiger charge is 2.46. The van der Waals surface area contributed by atoms with Gasteiger partial charge in [-0.25, -0.2) is 4.98 Å². The van der Waals surface area contributed by atoms with Gasteiger partial charge in [0.2, 0.25) is 0 Å². The quantitative estimate of drug-likeness (QED) is 0.837. The molecule has 1 fully saturated rings. The van der Waals surface area contributed by atoms with Gasteiger partial charge in [-0.15, -0.1) is 0 Å². The molecule has 88 valence electrons. The average Bonchev–Trinajstić information content (AvgIpc) is 2.98. The molecular formula is C13H16N4. The monoisotopic (exact) mass is 228 g/mol. The minimum atomic E-state index is 0.238. The number of aromatic nitrogens is 3. The molecule has 0 aromatic carbocycles. The van der Waals surface area contributed by atoms with Crippen molar-refractivity contribution in [1.82, 2.24) is 20.3 Å². The normalized spacial score (nSPS) is 17.0. The van der Waals surface area contributed by atoms with E-state index in [4.69, 9.17) is 0 Å². The van der Waals surface area contributed by atoms with E-state index in [0.29, 0.717) is 0 Å². The Morgan fingerprint density at radius 1 is 1.35 bits per heavy atom. The van der Waals surface area contributed by atoms with Gasteiger partial charge in [-0.05, 0) is 32.0 Å². The van der Waals surface area contributed by atoms with E-state index in [2.05, 4.69) is 20.3 Å². The molecule has 0 saturated heterocycles. The zero-order chi connectivity index (χ0) is 11.7. The van der Waals surface area contributed by atoms with E-state index < -0.39 is 0 Å². The molecule has 3 rings (SSSR count). The van der Waals surface area contributed by atoms with Crippen molar-refractivity contribution in [3.05, 3.63) is 36.4 Å². The second-order valence-electron chi connectivity index (χ2n) is 4.67. The fourth-order valence-corrected chi connectivity index (χ4v) is 2.23. The lowest BCUT2D eigenvalue weighted by Gasteiger charge is -2.10. The van der Waals surface area contributed by atoms with E-state index in [1.54, 1.807) is 6.20 Å². The Balaban J connectivity index is 1.89. The molecule has 0 radical (unpaired) electrons. The molecular weight excluding hydrogens is 212 g/mol. The molecule has 0 atom stereocenters. The largest absolute Gasteiger partial charge is 0.340 e. The van der Waals surface area contributed by atoms with Gasteiger partial charge in [-0.2, -0.15) is 0 Å². The second kappa shape index (κ2) is 3.96. The summed E-state index contributed by atoms with van der Waals surface area (Å²) in [7, 11) is 1.99. The summed E-state index contributed by atoms with van der Waals surface area (Å²) in [4.78, 5) is 12.2. The first-order valence-corrected chi connectivity index (χ1v) is 5.96. The molecule has 1 aliphatic carbocycles. The Hall–Kier alpha value is -1.68. The second-order valence-corrected chi connectivity index (χ2v) is 4.67. The molecule has 0 unspecified atom stereocenters.